The first kappa shape index (κ1) is 18.5. The van der Waals surface area contributed by atoms with Crippen LogP contribution in [0.1, 0.15) is 24.4 Å². The summed E-state index contributed by atoms with van der Waals surface area (Å²) in [5.74, 6) is 1.24. The number of nitrogens with one attached hydrogen (secondary N) is 1. The third-order valence-electron chi connectivity index (χ3n) is 4.09. The molecule has 0 saturated heterocycles. The number of hydrogen-bond acceptors (Lipinski definition) is 7. The summed E-state index contributed by atoms with van der Waals surface area (Å²) in [4.78, 5) is 12.5. The van der Waals surface area contributed by atoms with Crippen molar-refractivity contribution in [2.45, 2.75) is 13.8 Å². The first-order valence-electron chi connectivity index (χ1n) is 9.21. The predicted molar refractivity (Wildman–Crippen MR) is 106 cm³/mol. The number of carbonyl (C=O) groups is 1. The van der Waals surface area contributed by atoms with E-state index in [9.17, 15) is 4.79 Å². The quantitative estimate of drug-likeness (QED) is 0.492. The Labute approximate surface area is 166 Å². The van der Waals surface area contributed by atoms with Crippen molar-refractivity contribution in [3.8, 4) is 23.0 Å². The zero-order valence-corrected chi connectivity index (χ0v) is 16.0. The molecule has 0 aliphatic heterocycles. The molecule has 2 heterocycles. The summed E-state index contributed by atoms with van der Waals surface area (Å²) < 4.78 is 22.1. The third-order valence-corrected chi connectivity index (χ3v) is 4.09. The highest BCUT2D eigenvalue weighted by Gasteiger charge is 2.18. The molecule has 0 radical (unpaired) electrons. The molecule has 0 aliphatic rings. The molecule has 0 bridgehead atoms. The van der Waals surface area contributed by atoms with Crippen LogP contribution in [0.5, 0.6) is 11.5 Å². The Morgan fingerprint density at radius 1 is 1.00 bits per heavy atom. The molecular formula is C21H19N3O5. The number of anilines is 1. The van der Waals surface area contributed by atoms with Gasteiger partial charge in [-0.25, -0.2) is 0 Å². The maximum Gasteiger partial charge on any atom is 0.322 e. The van der Waals surface area contributed by atoms with Crippen LogP contribution < -0.4 is 14.8 Å². The van der Waals surface area contributed by atoms with Gasteiger partial charge in [0.15, 0.2) is 17.1 Å². The van der Waals surface area contributed by atoms with Gasteiger partial charge in [-0.05, 0) is 50.2 Å². The fourth-order valence-corrected chi connectivity index (χ4v) is 2.83. The molecule has 0 saturated carbocycles. The van der Waals surface area contributed by atoms with Crippen LogP contribution in [-0.2, 0) is 0 Å². The number of carbonyl (C=O) groups excluding carboxylic acids is 1. The van der Waals surface area contributed by atoms with E-state index >= 15 is 0 Å². The van der Waals surface area contributed by atoms with Crippen molar-refractivity contribution < 1.29 is 23.1 Å². The van der Waals surface area contributed by atoms with Crippen LogP contribution in [0.25, 0.3) is 22.4 Å². The number of furan rings is 1. The van der Waals surface area contributed by atoms with Crippen molar-refractivity contribution in [1.82, 2.24) is 10.2 Å². The summed E-state index contributed by atoms with van der Waals surface area (Å²) in [6, 6.07) is 14.3. The summed E-state index contributed by atoms with van der Waals surface area (Å²) >= 11 is 0. The number of aromatic nitrogens is 2. The number of nitrogens with zero attached hydrogens (tertiary/aromatic N) is 2. The van der Waals surface area contributed by atoms with E-state index < -0.39 is 5.91 Å². The average molecular weight is 393 g/mol. The van der Waals surface area contributed by atoms with Gasteiger partial charge in [0, 0.05) is 10.9 Å². The third kappa shape index (κ3) is 3.91. The number of amides is 1. The van der Waals surface area contributed by atoms with Crippen molar-refractivity contribution in [1.29, 1.82) is 0 Å². The molecule has 2 aromatic heterocycles. The molecule has 0 unspecified atom stereocenters. The highest BCUT2D eigenvalue weighted by molar-refractivity contribution is 6.04. The Balaban J connectivity index is 1.50. The zero-order valence-electron chi connectivity index (χ0n) is 16.0. The minimum atomic E-state index is -0.495. The Morgan fingerprint density at radius 3 is 2.55 bits per heavy atom. The minimum Gasteiger partial charge on any atom is -0.494 e. The Morgan fingerprint density at radius 2 is 1.79 bits per heavy atom. The molecule has 1 N–H and O–H groups in total. The van der Waals surface area contributed by atoms with Crippen LogP contribution in [0.4, 0.5) is 6.01 Å². The molecule has 2 aromatic carbocycles. The first-order valence-corrected chi connectivity index (χ1v) is 9.21. The molecule has 4 aromatic rings. The number of hydrogen-bond donors (Lipinski definition) is 1. The Bertz CT molecular complexity index is 1130. The van der Waals surface area contributed by atoms with Gasteiger partial charge < -0.3 is 18.3 Å². The van der Waals surface area contributed by atoms with Crippen LogP contribution >= 0.6 is 0 Å². The molecule has 8 heteroatoms. The Kier molecular flexibility index (Phi) is 5.15. The molecule has 0 atom stereocenters. The minimum absolute atomic E-state index is 0.0237. The van der Waals surface area contributed by atoms with Crippen molar-refractivity contribution >= 4 is 22.9 Å². The Hall–Kier alpha value is -3.81. The molecule has 0 aliphatic carbocycles. The number of ether oxygens (including phenoxy) is 2. The van der Waals surface area contributed by atoms with E-state index in [1.807, 2.05) is 38.1 Å². The summed E-state index contributed by atoms with van der Waals surface area (Å²) in [6.45, 7) is 4.88. The van der Waals surface area contributed by atoms with Crippen molar-refractivity contribution in [2.75, 3.05) is 18.5 Å². The highest BCUT2D eigenvalue weighted by atomic mass is 16.5. The summed E-state index contributed by atoms with van der Waals surface area (Å²) in [7, 11) is 0. The molecule has 29 heavy (non-hydrogen) atoms. The van der Waals surface area contributed by atoms with Gasteiger partial charge in [-0.3, -0.25) is 10.1 Å². The maximum atomic E-state index is 12.5. The van der Waals surface area contributed by atoms with E-state index in [0.29, 0.717) is 30.1 Å². The largest absolute Gasteiger partial charge is 0.494 e. The first-order chi connectivity index (χ1) is 14.2. The van der Waals surface area contributed by atoms with Gasteiger partial charge >= 0.3 is 6.01 Å². The lowest BCUT2D eigenvalue weighted by atomic mass is 10.2. The monoisotopic (exact) mass is 393 g/mol. The molecule has 0 fully saturated rings. The summed E-state index contributed by atoms with van der Waals surface area (Å²) in [5, 5.41) is 11.2. The predicted octanol–water partition coefficient (Wildman–Crippen LogP) is 4.53. The van der Waals surface area contributed by atoms with Gasteiger partial charge in [0.25, 0.3) is 5.91 Å². The van der Waals surface area contributed by atoms with E-state index in [1.54, 1.807) is 24.3 Å². The second-order valence-corrected chi connectivity index (χ2v) is 6.04. The van der Waals surface area contributed by atoms with Gasteiger partial charge in [-0.15, -0.1) is 5.10 Å². The lowest BCUT2D eigenvalue weighted by Gasteiger charge is -2.02. The number of rotatable bonds is 7. The standard InChI is InChI=1S/C21H19N3O5/c1-3-26-15-10-8-13(9-11-15)20-23-24-21(29-20)22-19(25)17-12-14-6-5-7-16(27-4-2)18(14)28-17/h5-12H,3-4H2,1-2H3,(H,22,24,25). The molecule has 4 rings (SSSR count). The lowest BCUT2D eigenvalue weighted by Crippen LogP contribution is -2.10. The topological polar surface area (TPSA) is 99.6 Å². The van der Waals surface area contributed by atoms with Crippen LogP contribution in [0.15, 0.2) is 57.4 Å². The molecule has 8 nitrogen and oxygen atoms in total. The van der Waals surface area contributed by atoms with Crippen LogP contribution in [0.2, 0.25) is 0 Å². The van der Waals surface area contributed by atoms with Crippen molar-refractivity contribution in [3.05, 3.63) is 54.3 Å². The number of benzene rings is 2. The number of fused-ring (bicyclic) bond motifs is 1. The lowest BCUT2D eigenvalue weighted by molar-refractivity contribution is 0.0995. The van der Waals surface area contributed by atoms with Crippen LogP contribution in [0, 0.1) is 0 Å². The van der Waals surface area contributed by atoms with Gasteiger partial charge in [0.05, 0.1) is 13.2 Å². The fraction of sp³-hybridized carbons (Fsp3) is 0.190. The number of para-hydroxylation sites is 1. The summed E-state index contributed by atoms with van der Waals surface area (Å²) in [5.41, 5.74) is 1.23. The van der Waals surface area contributed by atoms with Crippen LogP contribution in [-0.4, -0.2) is 29.3 Å². The maximum absolute atomic E-state index is 12.5. The summed E-state index contributed by atoms with van der Waals surface area (Å²) in [6.07, 6.45) is 0. The van der Waals surface area contributed by atoms with E-state index in [-0.39, 0.29) is 17.7 Å². The fourth-order valence-electron chi connectivity index (χ4n) is 2.83. The molecule has 0 spiro atoms. The van der Waals surface area contributed by atoms with Crippen molar-refractivity contribution in [2.24, 2.45) is 0 Å². The van der Waals surface area contributed by atoms with E-state index in [0.717, 1.165) is 11.1 Å². The second-order valence-electron chi connectivity index (χ2n) is 6.04. The van der Waals surface area contributed by atoms with Gasteiger partial charge in [-0.2, -0.15) is 0 Å². The van der Waals surface area contributed by atoms with Crippen LogP contribution in [0.3, 0.4) is 0 Å². The van der Waals surface area contributed by atoms with Crippen molar-refractivity contribution in [3.63, 3.8) is 0 Å². The van der Waals surface area contributed by atoms with E-state index in [4.69, 9.17) is 18.3 Å². The van der Waals surface area contributed by atoms with Gasteiger partial charge in [0.1, 0.15) is 5.75 Å². The molecule has 1 amide bonds. The van der Waals surface area contributed by atoms with Gasteiger partial charge in [0.2, 0.25) is 5.89 Å². The highest BCUT2D eigenvalue weighted by Crippen LogP contribution is 2.29. The smallest absolute Gasteiger partial charge is 0.322 e. The second kappa shape index (κ2) is 8.05. The van der Waals surface area contributed by atoms with E-state index in [1.165, 1.54) is 0 Å². The molecule has 148 valence electrons. The van der Waals surface area contributed by atoms with E-state index in [2.05, 4.69) is 15.5 Å². The molecular weight excluding hydrogens is 374 g/mol. The average Bonchev–Trinajstić information content (AvgIpc) is 3.37. The van der Waals surface area contributed by atoms with Gasteiger partial charge in [-0.1, -0.05) is 17.2 Å². The SMILES string of the molecule is CCOc1ccc(-c2nnc(NC(=O)c3cc4cccc(OCC)c4o3)o2)cc1. The normalized spacial score (nSPS) is 10.8. The zero-order chi connectivity index (χ0) is 20.2.